The van der Waals surface area contributed by atoms with E-state index in [0.717, 1.165) is 11.3 Å². The van der Waals surface area contributed by atoms with Crippen LogP contribution in [0, 0.1) is 0 Å². The Morgan fingerprint density at radius 1 is 1.04 bits per heavy atom. The second-order valence-corrected chi connectivity index (χ2v) is 5.79. The van der Waals surface area contributed by atoms with E-state index in [4.69, 9.17) is 25.8 Å². The van der Waals surface area contributed by atoms with Gasteiger partial charge in [0, 0.05) is 11.6 Å². The van der Waals surface area contributed by atoms with Crippen molar-refractivity contribution in [2.45, 2.75) is 6.42 Å². The molecule has 138 valence electrons. The minimum absolute atomic E-state index is 0.292. The molecule has 0 saturated carbocycles. The molecule has 0 bridgehead atoms. The Bertz CT molecular complexity index is 733. The molecule has 26 heavy (non-hydrogen) atoms. The van der Waals surface area contributed by atoms with E-state index in [0.29, 0.717) is 23.7 Å². The third-order valence-electron chi connectivity index (χ3n) is 3.41. The van der Waals surface area contributed by atoms with Crippen molar-refractivity contribution in [1.82, 2.24) is 5.32 Å². The lowest BCUT2D eigenvalue weighted by atomic mass is 10.1. The molecule has 2 aromatic carbocycles. The lowest BCUT2D eigenvalue weighted by molar-refractivity contribution is -0.150. The molecule has 2 rings (SSSR count). The molecule has 1 N–H and O–H groups in total. The normalized spacial score (nSPS) is 10.1. The van der Waals surface area contributed by atoms with Crippen LogP contribution in [0.4, 0.5) is 0 Å². The maximum absolute atomic E-state index is 11.7. The number of benzene rings is 2. The molecule has 0 saturated heterocycles. The van der Waals surface area contributed by atoms with Gasteiger partial charge in [-0.25, -0.2) is 4.79 Å². The van der Waals surface area contributed by atoms with Crippen LogP contribution in [0.1, 0.15) is 5.56 Å². The fourth-order valence-electron chi connectivity index (χ4n) is 2.08. The van der Waals surface area contributed by atoms with Crippen molar-refractivity contribution >= 4 is 23.5 Å². The van der Waals surface area contributed by atoms with Crippen molar-refractivity contribution in [2.75, 3.05) is 26.9 Å². The van der Waals surface area contributed by atoms with Gasteiger partial charge < -0.3 is 19.5 Å². The van der Waals surface area contributed by atoms with Gasteiger partial charge in [-0.1, -0.05) is 29.8 Å². The van der Waals surface area contributed by atoms with Crippen molar-refractivity contribution < 1.29 is 23.8 Å². The number of carbonyl (C=O) groups excluding carboxylic acids is 2. The summed E-state index contributed by atoms with van der Waals surface area (Å²) >= 11 is 5.82. The quantitative estimate of drug-likeness (QED) is 0.680. The predicted octanol–water partition coefficient (Wildman–Crippen LogP) is 2.63. The van der Waals surface area contributed by atoms with Crippen LogP contribution in [0.15, 0.2) is 48.5 Å². The van der Waals surface area contributed by atoms with Crippen LogP contribution in [-0.4, -0.2) is 38.7 Å². The molecule has 2 aromatic rings. The van der Waals surface area contributed by atoms with Crippen molar-refractivity contribution in [2.24, 2.45) is 0 Å². The third kappa shape index (κ3) is 7.03. The SMILES string of the molecule is COc1ccc(CCNC(=O)COC(=O)COc2cccc(Cl)c2)cc1. The Kier molecular flexibility index (Phi) is 7.76. The lowest BCUT2D eigenvalue weighted by Gasteiger charge is -2.08. The zero-order valence-corrected chi connectivity index (χ0v) is 15.1. The highest BCUT2D eigenvalue weighted by Gasteiger charge is 2.08. The fourth-order valence-corrected chi connectivity index (χ4v) is 2.26. The molecule has 7 heteroatoms. The van der Waals surface area contributed by atoms with E-state index >= 15 is 0 Å². The highest BCUT2D eigenvalue weighted by Crippen LogP contribution is 2.16. The minimum atomic E-state index is -0.629. The van der Waals surface area contributed by atoms with E-state index < -0.39 is 5.97 Å². The van der Waals surface area contributed by atoms with Crippen LogP contribution in [0.2, 0.25) is 5.02 Å². The summed E-state index contributed by atoms with van der Waals surface area (Å²) in [7, 11) is 1.61. The number of amides is 1. The number of hydrogen-bond donors (Lipinski definition) is 1. The largest absolute Gasteiger partial charge is 0.497 e. The zero-order chi connectivity index (χ0) is 18.8. The molecule has 0 fully saturated rings. The van der Waals surface area contributed by atoms with Crippen LogP contribution in [0.5, 0.6) is 11.5 Å². The van der Waals surface area contributed by atoms with E-state index in [9.17, 15) is 9.59 Å². The Morgan fingerprint density at radius 3 is 2.50 bits per heavy atom. The Balaban J connectivity index is 1.60. The molecule has 0 aliphatic rings. The number of ether oxygens (including phenoxy) is 3. The topological polar surface area (TPSA) is 73.9 Å². The summed E-state index contributed by atoms with van der Waals surface area (Å²) in [5.41, 5.74) is 1.07. The summed E-state index contributed by atoms with van der Waals surface area (Å²) in [5, 5.41) is 3.20. The van der Waals surface area contributed by atoms with E-state index in [-0.39, 0.29) is 19.1 Å². The van der Waals surface area contributed by atoms with Crippen molar-refractivity contribution in [3.63, 3.8) is 0 Å². The van der Waals surface area contributed by atoms with Crippen LogP contribution < -0.4 is 14.8 Å². The monoisotopic (exact) mass is 377 g/mol. The standard InChI is InChI=1S/C19H20ClNO5/c1-24-16-7-5-14(6-8-16)9-10-21-18(22)12-26-19(23)13-25-17-4-2-3-15(20)11-17/h2-8,11H,9-10,12-13H2,1H3,(H,21,22). The maximum Gasteiger partial charge on any atom is 0.344 e. The summed E-state index contributed by atoms with van der Waals surface area (Å²) in [6.45, 7) is -0.193. The van der Waals surface area contributed by atoms with Crippen LogP contribution in [-0.2, 0) is 20.7 Å². The smallest absolute Gasteiger partial charge is 0.344 e. The number of methoxy groups -OCH3 is 1. The average Bonchev–Trinajstić information content (AvgIpc) is 2.65. The van der Waals surface area contributed by atoms with Gasteiger partial charge in [0.15, 0.2) is 13.2 Å². The zero-order valence-electron chi connectivity index (χ0n) is 14.4. The summed E-state index contributed by atoms with van der Waals surface area (Å²) < 4.78 is 15.2. The van der Waals surface area contributed by atoms with Crippen LogP contribution in [0.3, 0.4) is 0 Å². The number of nitrogens with one attached hydrogen (secondary N) is 1. The van der Waals surface area contributed by atoms with Gasteiger partial charge in [-0.3, -0.25) is 4.79 Å². The first kappa shape index (κ1) is 19.6. The molecular formula is C19H20ClNO5. The Morgan fingerprint density at radius 2 is 1.81 bits per heavy atom. The maximum atomic E-state index is 11.7. The molecule has 0 heterocycles. The summed E-state index contributed by atoms with van der Waals surface area (Å²) in [6.07, 6.45) is 0.668. The van der Waals surface area contributed by atoms with Crippen molar-refractivity contribution in [3.05, 3.63) is 59.1 Å². The molecule has 6 nitrogen and oxygen atoms in total. The molecule has 0 aromatic heterocycles. The number of halogens is 1. The first-order valence-corrected chi connectivity index (χ1v) is 8.38. The van der Waals surface area contributed by atoms with Gasteiger partial charge in [0.1, 0.15) is 11.5 Å². The number of hydrogen-bond acceptors (Lipinski definition) is 5. The van der Waals surface area contributed by atoms with Gasteiger partial charge >= 0.3 is 5.97 Å². The van der Waals surface area contributed by atoms with Gasteiger partial charge in [0.05, 0.1) is 7.11 Å². The first-order valence-electron chi connectivity index (χ1n) is 8.00. The number of carbonyl (C=O) groups is 2. The van der Waals surface area contributed by atoms with E-state index in [2.05, 4.69) is 5.32 Å². The first-order chi connectivity index (χ1) is 12.6. The van der Waals surface area contributed by atoms with Gasteiger partial charge in [0.25, 0.3) is 5.91 Å². The van der Waals surface area contributed by atoms with Gasteiger partial charge in [0.2, 0.25) is 0 Å². The summed E-state index contributed by atoms with van der Waals surface area (Å²) in [6, 6.07) is 14.2. The van der Waals surface area contributed by atoms with Crippen molar-refractivity contribution in [3.8, 4) is 11.5 Å². The minimum Gasteiger partial charge on any atom is -0.497 e. The summed E-state index contributed by atoms with van der Waals surface area (Å²) in [5.74, 6) is 0.244. The van der Waals surface area contributed by atoms with Crippen LogP contribution >= 0.6 is 11.6 Å². The molecule has 0 spiro atoms. The van der Waals surface area contributed by atoms with Gasteiger partial charge in [-0.05, 0) is 42.3 Å². The number of rotatable bonds is 9. The molecular weight excluding hydrogens is 358 g/mol. The molecule has 0 unspecified atom stereocenters. The predicted molar refractivity (Wildman–Crippen MR) is 97.6 cm³/mol. The molecule has 1 amide bonds. The summed E-state index contributed by atoms with van der Waals surface area (Å²) in [4.78, 5) is 23.3. The van der Waals surface area contributed by atoms with E-state index in [1.807, 2.05) is 24.3 Å². The molecule has 0 aliphatic carbocycles. The third-order valence-corrected chi connectivity index (χ3v) is 3.65. The van der Waals surface area contributed by atoms with Crippen LogP contribution in [0.25, 0.3) is 0 Å². The highest BCUT2D eigenvalue weighted by atomic mass is 35.5. The second kappa shape index (κ2) is 10.3. The Labute approximate surface area is 157 Å². The van der Waals surface area contributed by atoms with E-state index in [1.54, 1.807) is 31.4 Å². The number of esters is 1. The fraction of sp³-hybridized carbons (Fsp3) is 0.263. The molecule has 0 aliphatic heterocycles. The van der Waals surface area contributed by atoms with Crippen molar-refractivity contribution in [1.29, 1.82) is 0 Å². The highest BCUT2D eigenvalue weighted by molar-refractivity contribution is 6.30. The Hall–Kier alpha value is -2.73. The lowest BCUT2D eigenvalue weighted by Crippen LogP contribution is -2.31. The second-order valence-electron chi connectivity index (χ2n) is 5.35. The van der Waals surface area contributed by atoms with Gasteiger partial charge in [-0.15, -0.1) is 0 Å². The molecule has 0 atom stereocenters. The average molecular weight is 378 g/mol. The molecule has 0 radical (unpaired) electrons. The van der Waals surface area contributed by atoms with E-state index in [1.165, 1.54) is 0 Å². The van der Waals surface area contributed by atoms with Gasteiger partial charge in [-0.2, -0.15) is 0 Å².